The van der Waals surface area contributed by atoms with Crippen molar-refractivity contribution in [2.24, 2.45) is 0 Å². The first kappa shape index (κ1) is 16.0. The molecular weight excluding hydrogens is 277 g/mol. The molecule has 1 unspecified atom stereocenters. The zero-order chi connectivity index (χ0) is 16.1. The molecule has 3 heteroatoms. The van der Waals surface area contributed by atoms with E-state index in [-0.39, 0.29) is 11.7 Å². The van der Waals surface area contributed by atoms with Gasteiger partial charge in [-0.1, -0.05) is 23.8 Å². The van der Waals surface area contributed by atoms with E-state index in [0.717, 1.165) is 16.7 Å². The molecule has 114 valence electrons. The normalized spacial score (nSPS) is 11.8. The fraction of sp³-hybridized carbons (Fsp3) is 0.316. The van der Waals surface area contributed by atoms with Crippen LogP contribution in [0.5, 0.6) is 5.75 Å². The summed E-state index contributed by atoms with van der Waals surface area (Å²) >= 11 is 0. The highest BCUT2D eigenvalue weighted by Gasteiger charge is 2.16. The van der Waals surface area contributed by atoms with Crippen LogP contribution in [0.1, 0.15) is 34.6 Å². The Morgan fingerprint density at radius 3 is 2.41 bits per heavy atom. The van der Waals surface area contributed by atoms with Crippen LogP contribution in [0.2, 0.25) is 0 Å². The van der Waals surface area contributed by atoms with Crippen molar-refractivity contribution in [1.29, 1.82) is 5.26 Å². The standard InChI is InChI=1S/C19H20FNO/c1-13-9-14(2)19(15(3)10-13)16(12-21)7-8-22-18-6-4-5-17(20)11-18/h4-6,9-11,16H,7-8H2,1-3H3. The van der Waals surface area contributed by atoms with Crippen LogP contribution in [-0.4, -0.2) is 6.61 Å². The van der Waals surface area contributed by atoms with E-state index in [9.17, 15) is 9.65 Å². The molecule has 0 N–H and O–H groups in total. The molecule has 0 spiro atoms. The third kappa shape index (κ3) is 3.85. The minimum atomic E-state index is -0.320. The molecule has 2 rings (SSSR count). The second kappa shape index (κ2) is 7.09. The van der Waals surface area contributed by atoms with Gasteiger partial charge in [-0.25, -0.2) is 4.39 Å². The molecule has 0 fully saturated rings. The Bertz CT molecular complexity index is 680. The van der Waals surface area contributed by atoms with Gasteiger partial charge >= 0.3 is 0 Å². The molecule has 0 aliphatic carbocycles. The molecule has 1 atom stereocenters. The van der Waals surface area contributed by atoms with Crippen molar-refractivity contribution in [1.82, 2.24) is 0 Å². The van der Waals surface area contributed by atoms with Gasteiger partial charge in [0.25, 0.3) is 0 Å². The third-order valence-electron chi connectivity index (χ3n) is 3.71. The monoisotopic (exact) mass is 297 g/mol. The zero-order valence-corrected chi connectivity index (χ0v) is 13.2. The lowest BCUT2D eigenvalue weighted by Crippen LogP contribution is -2.08. The third-order valence-corrected chi connectivity index (χ3v) is 3.71. The van der Waals surface area contributed by atoms with Crippen molar-refractivity contribution in [3.63, 3.8) is 0 Å². The van der Waals surface area contributed by atoms with E-state index >= 15 is 0 Å². The highest BCUT2D eigenvalue weighted by atomic mass is 19.1. The number of hydrogen-bond donors (Lipinski definition) is 0. The fourth-order valence-corrected chi connectivity index (χ4v) is 2.87. The first-order valence-electron chi connectivity index (χ1n) is 7.37. The summed E-state index contributed by atoms with van der Waals surface area (Å²) in [5, 5.41) is 9.47. The lowest BCUT2D eigenvalue weighted by Gasteiger charge is -2.17. The lowest BCUT2D eigenvalue weighted by atomic mass is 9.88. The average Bonchev–Trinajstić information content (AvgIpc) is 2.44. The summed E-state index contributed by atoms with van der Waals surface area (Å²) in [5.74, 6) is -0.0391. The number of rotatable bonds is 5. The van der Waals surface area contributed by atoms with Crippen LogP contribution >= 0.6 is 0 Å². The molecule has 2 aromatic carbocycles. The summed E-state index contributed by atoms with van der Waals surface area (Å²) in [5.41, 5.74) is 4.55. The Morgan fingerprint density at radius 1 is 1.14 bits per heavy atom. The number of aryl methyl sites for hydroxylation is 3. The van der Waals surface area contributed by atoms with Gasteiger partial charge in [0.15, 0.2) is 0 Å². The van der Waals surface area contributed by atoms with E-state index in [2.05, 4.69) is 25.1 Å². The van der Waals surface area contributed by atoms with Crippen molar-refractivity contribution in [3.8, 4) is 11.8 Å². The van der Waals surface area contributed by atoms with Crippen LogP contribution in [0, 0.1) is 37.9 Å². The largest absolute Gasteiger partial charge is 0.493 e. The fourth-order valence-electron chi connectivity index (χ4n) is 2.87. The topological polar surface area (TPSA) is 33.0 Å². The summed E-state index contributed by atoms with van der Waals surface area (Å²) in [4.78, 5) is 0. The maximum absolute atomic E-state index is 13.1. The molecule has 0 radical (unpaired) electrons. The number of ether oxygens (including phenoxy) is 1. The maximum Gasteiger partial charge on any atom is 0.126 e. The molecule has 0 amide bonds. The Labute approximate surface area is 131 Å². The van der Waals surface area contributed by atoms with Gasteiger partial charge in [0.1, 0.15) is 11.6 Å². The van der Waals surface area contributed by atoms with Crippen molar-refractivity contribution < 1.29 is 9.13 Å². The molecule has 0 aliphatic rings. The minimum Gasteiger partial charge on any atom is -0.493 e. The number of nitriles is 1. The van der Waals surface area contributed by atoms with Crippen LogP contribution < -0.4 is 4.74 Å². The van der Waals surface area contributed by atoms with Gasteiger partial charge in [-0.2, -0.15) is 5.26 Å². The van der Waals surface area contributed by atoms with Gasteiger partial charge in [-0.3, -0.25) is 0 Å². The van der Waals surface area contributed by atoms with Crippen LogP contribution in [0.25, 0.3) is 0 Å². The molecule has 0 saturated carbocycles. The van der Waals surface area contributed by atoms with Crippen LogP contribution in [-0.2, 0) is 0 Å². The summed E-state index contributed by atoms with van der Waals surface area (Å²) < 4.78 is 18.6. The summed E-state index contributed by atoms with van der Waals surface area (Å²) in [6.07, 6.45) is 0.581. The zero-order valence-electron chi connectivity index (χ0n) is 13.2. The van der Waals surface area contributed by atoms with Gasteiger partial charge < -0.3 is 4.74 Å². The Morgan fingerprint density at radius 2 is 1.82 bits per heavy atom. The van der Waals surface area contributed by atoms with Crippen LogP contribution in [0.15, 0.2) is 36.4 Å². The van der Waals surface area contributed by atoms with Crippen LogP contribution in [0.4, 0.5) is 4.39 Å². The predicted molar refractivity (Wildman–Crippen MR) is 85.5 cm³/mol. The number of nitrogens with zero attached hydrogens (tertiary/aromatic N) is 1. The van der Waals surface area contributed by atoms with Crippen molar-refractivity contribution in [3.05, 3.63) is 64.5 Å². The van der Waals surface area contributed by atoms with E-state index in [1.165, 1.54) is 17.7 Å². The van der Waals surface area contributed by atoms with E-state index in [4.69, 9.17) is 4.74 Å². The Kier molecular flexibility index (Phi) is 5.16. The highest BCUT2D eigenvalue weighted by Crippen LogP contribution is 2.27. The number of hydrogen-bond acceptors (Lipinski definition) is 2. The summed E-state index contributed by atoms with van der Waals surface area (Å²) in [6.45, 7) is 6.51. The van der Waals surface area contributed by atoms with Crippen molar-refractivity contribution >= 4 is 0 Å². The summed E-state index contributed by atoms with van der Waals surface area (Å²) in [7, 11) is 0. The second-order valence-electron chi connectivity index (χ2n) is 5.59. The number of benzene rings is 2. The van der Waals surface area contributed by atoms with Gasteiger partial charge in [0.2, 0.25) is 0 Å². The van der Waals surface area contributed by atoms with Crippen molar-refractivity contribution in [2.75, 3.05) is 6.61 Å². The molecule has 0 aliphatic heterocycles. The molecule has 22 heavy (non-hydrogen) atoms. The molecule has 0 bridgehead atoms. The molecule has 2 nitrogen and oxygen atoms in total. The first-order chi connectivity index (χ1) is 10.5. The molecule has 0 aromatic heterocycles. The Balaban J connectivity index is 2.06. The van der Waals surface area contributed by atoms with Crippen molar-refractivity contribution in [2.45, 2.75) is 33.1 Å². The van der Waals surface area contributed by atoms with Gasteiger partial charge in [-0.15, -0.1) is 0 Å². The van der Waals surface area contributed by atoms with E-state index in [1.54, 1.807) is 12.1 Å². The van der Waals surface area contributed by atoms with Gasteiger partial charge in [0.05, 0.1) is 18.6 Å². The average molecular weight is 297 g/mol. The smallest absolute Gasteiger partial charge is 0.126 e. The highest BCUT2D eigenvalue weighted by molar-refractivity contribution is 5.42. The SMILES string of the molecule is Cc1cc(C)c(C(C#N)CCOc2cccc(F)c2)c(C)c1. The molecule has 0 saturated heterocycles. The molecular formula is C19H20FNO. The van der Waals surface area contributed by atoms with E-state index < -0.39 is 0 Å². The molecule has 2 aromatic rings. The van der Waals surface area contributed by atoms with Crippen LogP contribution in [0.3, 0.4) is 0 Å². The maximum atomic E-state index is 13.1. The van der Waals surface area contributed by atoms with E-state index in [0.29, 0.717) is 18.8 Å². The van der Waals surface area contributed by atoms with Gasteiger partial charge in [0, 0.05) is 12.5 Å². The predicted octanol–water partition coefficient (Wildman–Crippen LogP) is 4.83. The second-order valence-corrected chi connectivity index (χ2v) is 5.59. The van der Waals surface area contributed by atoms with Gasteiger partial charge in [-0.05, 0) is 49.6 Å². The minimum absolute atomic E-state index is 0.214. The molecule has 0 heterocycles. The summed E-state index contributed by atoms with van der Waals surface area (Å²) in [6, 6.07) is 12.6. The first-order valence-corrected chi connectivity index (χ1v) is 7.37. The Hall–Kier alpha value is -2.34. The number of halogens is 1. The lowest BCUT2D eigenvalue weighted by molar-refractivity contribution is 0.304. The quantitative estimate of drug-likeness (QED) is 0.792. The van der Waals surface area contributed by atoms with E-state index in [1.807, 2.05) is 13.8 Å².